The molecule has 1 unspecified atom stereocenters. The molecule has 0 aliphatic rings. The van der Waals surface area contributed by atoms with Gasteiger partial charge < -0.3 is 19.9 Å². The monoisotopic (exact) mass is 317 g/mol. The van der Waals surface area contributed by atoms with E-state index >= 15 is 0 Å². The van der Waals surface area contributed by atoms with Crippen LogP contribution in [0.4, 0.5) is 0 Å². The lowest BCUT2D eigenvalue weighted by Gasteiger charge is -2.17. The minimum absolute atomic E-state index is 0.0406. The van der Waals surface area contributed by atoms with Gasteiger partial charge in [-0.2, -0.15) is 0 Å². The molecule has 0 saturated heterocycles. The van der Waals surface area contributed by atoms with Crippen LogP contribution in [0.1, 0.15) is 18.5 Å². The third-order valence-electron chi connectivity index (χ3n) is 2.60. The first kappa shape index (κ1) is 15.4. The number of hydrogen-bond donors (Lipinski definition) is 2. The summed E-state index contributed by atoms with van der Waals surface area (Å²) in [7, 11) is 1.92. The van der Waals surface area contributed by atoms with Gasteiger partial charge in [-0.15, -0.1) is 0 Å². The van der Waals surface area contributed by atoms with Crippen LogP contribution in [0.25, 0.3) is 0 Å². The summed E-state index contributed by atoms with van der Waals surface area (Å²) in [5, 5.41) is 11.8. The van der Waals surface area contributed by atoms with Crippen molar-refractivity contribution in [2.75, 3.05) is 33.5 Å². The molecule has 2 N–H and O–H groups in total. The fourth-order valence-corrected chi connectivity index (χ4v) is 1.86. The molecule has 0 saturated carbocycles. The van der Waals surface area contributed by atoms with Gasteiger partial charge >= 0.3 is 0 Å². The second kappa shape index (κ2) is 8.48. The van der Waals surface area contributed by atoms with E-state index in [0.29, 0.717) is 19.8 Å². The van der Waals surface area contributed by atoms with E-state index in [1.165, 1.54) is 0 Å². The second-order valence-corrected chi connectivity index (χ2v) is 4.79. The summed E-state index contributed by atoms with van der Waals surface area (Å²) < 4.78 is 11.9. The number of aliphatic hydroxyl groups is 1. The quantitative estimate of drug-likeness (QED) is 0.721. The van der Waals surface area contributed by atoms with E-state index in [1.54, 1.807) is 0 Å². The molecular formula is C13H20BrNO3. The highest BCUT2D eigenvalue weighted by molar-refractivity contribution is 9.10. The summed E-state index contributed by atoms with van der Waals surface area (Å²) >= 11 is 3.44. The minimum atomic E-state index is 0.0406. The number of hydrogen-bond acceptors (Lipinski definition) is 4. The van der Waals surface area contributed by atoms with Crippen LogP contribution < -0.4 is 10.1 Å². The van der Waals surface area contributed by atoms with Crippen molar-refractivity contribution in [3.63, 3.8) is 0 Å². The first-order valence-corrected chi connectivity index (χ1v) is 6.76. The molecule has 0 bridgehead atoms. The van der Waals surface area contributed by atoms with Crippen LogP contribution in [0.5, 0.6) is 5.75 Å². The van der Waals surface area contributed by atoms with Crippen molar-refractivity contribution >= 4 is 15.9 Å². The Morgan fingerprint density at radius 2 is 2.11 bits per heavy atom. The van der Waals surface area contributed by atoms with Gasteiger partial charge in [-0.1, -0.05) is 22.0 Å². The lowest BCUT2D eigenvalue weighted by Crippen LogP contribution is -2.15. The van der Waals surface area contributed by atoms with Crippen LogP contribution in [-0.2, 0) is 4.74 Å². The molecule has 0 aliphatic heterocycles. The van der Waals surface area contributed by atoms with Crippen LogP contribution in [0.2, 0.25) is 0 Å². The number of benzene rings is 1. The number of rotatable bonds is 8. The Balaban J connectivity index is 2.59. The largest absolute Gasteiger partial charge is 0.491 e. The van der Waals surface area contributed by atoms with E-state index in [4.69, 9.17) is 14.6 Å². The SMILES string of the molecule is CNC(C)c1ccc(Br)cc1OCCOCCO. The molecular weight excluding hydrogens is 298 g/mol. The zero-order chi connectivity index (χ0) is 13.4. The van der Waals surface area contributed by atoms with Gasteiger partial charge in [0.05, 0.1) is 19.8 Å². The molecule has 0 aromatic heterocycles. The van der Waals surface area contributed by atoms with Gasteiger partial charge in [-0.05, 0) is 26.1 Å². The van der Waals surface area contributed by atoms with Crippen molar-refractivity contribution in [3.05, 3.63) is 28.2 Å². The van der Waals surface area contributed by atoms with E-state index in [9.17, 15) is 0 Å². The third-order valence-corrected chi connectivity index (χ3v) is 3.09. The molecule has 1 atom stereocenters. The van der Waals surface area contributed by atoms with Crippen molar-refractivity contribution in [3.8, 4) is 5.75 Å². The summed E-state index contributed by atoms with van der Waals surface area (Å²) in [5.41, 5.74) is 1.11. The summed E-state index contributed by atoms with van der Waals surface area (Å²) in [6.07, 6.45) is 0. The highest BCUT2D eigenvalue weighted by Gasteiger charge is 2.10. The molecule has 5 heteroatoms. The van der Waals surface area contributed by atoms with Crippen LogP contribution >= 0.6 is 15.9 Å². The topological polar surface area (TPSA) is 50.7 Å². The average Bonchev–Trinajstić information content (AvgIpc) is 2.38. The normalized spacial score (nSPS) is 12.4. The lowest BCUT2D eigenvalue weighted by atomic mass is 10.1. The van der Waals surface area contributed by atoms with Gasteiger partial charge in [-0.3, -0.25) is 0 Å². The Hall–Kier alpha value is -0.620. The van der Waals surface area contributed by atoms with Crippen molar-refractivity contribution in [2.24, 2.45) is 0 Å². The van der Waals surface area contributed by atoms with Gasteiger partial charge in [0.25, 0.3) is 0 Å². The average molecular weight is 318 g/mol. The van der Waals surface area contributed by atoms with E-state index in [1.807, 2.05) is 25.2 Å². The molecule has 1 aromatic rings. The summed E-state index contributed by atoms with van der Waals surface area (Å²) in [6, 6.07) is 6.22. The zero-order valence-electron chi connectivity index (χ0n) is 10.8. The van der Waals surface area contributed by atoms with E-state index in [2.05, 4.69) is 28.2 Å². The minimum Gasteiger partial charge on any atom is -0.491 e. The molecule has 0 spiro atoms. The summed E-state index contributed by atoms with van der Waals surface area (Å²) in [6.45, 7) is 3.42. The van der Waals surface area contributed by atoms with Crippen LogP contribution in [0.3, 0.4) is 0 Å². The number of ether oxygens (including phenoxy) is 2. The molecule has 102 valence electrons. The molecule has 18 heavy (non-hydrogen) atoms. The van der Waals surface area contributed by atoms with Gasteiger partial charge in [0.15, 0.2) is 0 Å². The third kappa shape index (κ3) is 4.94. The molecule has 0 heterocycles. The van der Waals surface area contributed by atoms with Crippen LogP contribution in [0.15, 0.2) is 22.7 Å². The fraction of sp³-hybridized carbons (Fsp3) is 0.538. The lowest BCUT2D eigenvalue weighted by molar-refractivity contribution is 0.0702. The molecule has 4 nitrogen and oxygen atoms in total. The first-order valence-electron chi connectivity index (χ1n) is 5.97. The van der Waals surface area contributed by atoms with Crippen molar-refractivity contribution < 1.29 is 14.6 Å². The zero-order valence-corrected chi connectivity index (χ0v) is 12.4. The van der Waals surface area contributed by atoms with Crippen molar-refractivity contribution in [1.82, 2.24) is 5.32 Å². The van der Waals surface area contributed by atoms with E-state index < -0.39 is 0 Å². The maximum absolute atomic E-state index is 8.59. The molecule has 0 amide bonds. The highest BCUT2D eigenvalue weighted by Crippen LogP contribution is 2.28. The van der Waals surface area contributed by atoms with Gasteiger partial charge in [-0.25, -0.2) is 0 Å². The van der Waals surface area contributed by atoms with Crippen molar-refractivity contribution in [1.29, 1.82) is 0 Å². The van der Waals surface area contributed by atoms with Gasteiger partial charge in [0.1, 0.15) is 12.4 Å². The standard InChI is InChI=1S/C13H20BrNO3/c1-10(15-2)12-4-3-11(14)9-13(12)18-8-7-17-6-5-16/h3-4,9-10,15-16H,5-8H2,1-2H3. The molecule has 0 radical (unpaired) electrons. The smallest absolute Gasteiger partial charge is 0.125 e. The molecule has 1 aromatic carbocycles. The Morgan fingerprint density at radius 3 is 2.78 bits per heavy atom. The Bertz CT molecular complexity index is 360. The summed E-state index contributed by atoms with van der Waals surface area (Å²) in [4.78, 5) is 0. The maximum atomic E-state index is 8.59. The highest BCUT2D eigenvalue weighted by atomic mass is 79.9. The number of aliphatic hydroxyl groups excluding tert-OH is 1. The van der Waals surface area contributed by atoms with E-state index in [-0.39, 0.29) is 12.6 Å². The van der Waals surface area contributed by atoms with Gasteiger partial charge in [0.2, 0.25) is 0 Å². The van der Waals surface area contributed by atoms with Gasteiger partial charge in [0, 0.05) is 16.1 Å². The Kier molecular flexibility index (Phi) is 7.27. The molecule has 0 aliphatic carbocycles. The fourth-order valence-electron chi connectivity index (χ4n) is 1.52. The predicted octanol–water partition coefficient (Wildman–Crippen LogP) is 2.12. The van der Waals surface area contributed by atoms with Crippen molar-refractivity contribution in [2.45, 2.75) is 13.0 Å². The summed E-state index contributed by atoms with van der Waals surface area (Å²) in [5.74, 6) is 0.846. The predicted molar refractivity (Wildman–Crippen MR) is 75.0 cm³/mol. The molecule has 1 rings (SSSR count). The number of halogens is 1. The second-order valence-electron chi connectivity index (χ2n) is 3.88. The maximum Gasteiger partial charge on any atom is 0.125 e. The number of nitrogens with one attached hydrogen (secondary N) is 1. The Morgan fingerprint density at radius 1 is 1.33 bits per heavy atom. The van der Waals surface area contributed by atoms with Crippen LogP contribution in [-0.4, -0.2) is 38.6 Å². The Labute approximate surface area is 116 Å². The first-order chi connectivity index (χ1) is 8.69. The molecule has 0 fully saturated rings. The van der Waals surface area contributed by atoms with E-state index in [0.717, 1.165) is 15.8 Å². The van der Waals surface area contributed by atoms with Crippen LogP contribution in [0, 0.1) is 0 Å².